The Labute approximate surface area is 217 Å². The molecule has 36 heavy (non-hydrogen) atoms. The standard InChI is InChI=1S/C26H21FIN4O4/c1-34-25-17(27)3-2-4-18(25)30-24-22-19-11-21(32-26(22)33)28-36-15-7-5-14(6-8-15)13-35-20-12-29-10-9-16(20)23(24)31-19/h2-10,12,21,30-31H,11,13H2,1H3,(H,32,33)/q-1/t21-/m0/s1. The zero-order valence-corrected chi connectivity index (χ0v) is 21.3. The number of carbonyl (C=O) groups excluding carboxylic acids is 1. The Balaban J connectivity index is 1.52. The molecule has 0 aliphatic carbocycles. The molecule has 0 radical (unpaired) electrons. The summed E-state index contributed by atoms with van der Waals surface area (Å²) in [7, 11) is 1.41. The molecule has 0 saturated heterocycles. The molecular weight excluding hydrogens is 578 g/mol. The Hall–Kier alpha value is -3.80. The van der Waals surface area contributed by atoms with Gasteiger partial charge in [0.1, 0.15) is 0 Å². The molecule has 0 saturated carbocycles. The van der Waals surface area contributed by atoms with Crippen LogP contribution in [-0.2, 0) is 13.0 Å². The number of methoxy groups -OCH3 is 1. The number of para-hydroxylation sites is 1. The van der Waals surface area contributed by atoms with Gasteiger partial charge in [-0.15, -0.1) is 0 Å². The van der Waals surface area contributed by atoms with Crippen molar-refractivity contribution in [1.82, 2.24) is 15.3 Å². The average Bonchev–Trinajstić information content (AvgIpc) is 3.25. The summed E-state index contributed by atoms with van der Waals surface area (Å²) >= 11 is -0.830. The number of carbonyl (C=O) groups is 1. The summed E-state index contributed by atoms with van der Waals surface area (Å²) in [4.78, 5) is 21.1. The number of fused-ring (bicyclic) bond motifs is 4. The van der Waals surface area contributed by atoms with E-state index in [0.717, 1.165) is 22.6 Å². The summed E-state index contributed by atoms with van der Waals surface area (Å²) < 4.78 is 31.9. The third-order valence-electron chi connectivity index (χ3n) is 6.02. The van der Waals surface area contributed by atoms with E-state index >= 15 is 0 Å². The van der Waals surface area contributed by atoms with Crippen molar-refractivity contribution in [1.29, 1.82) is 0 Å². The molecule has 1 atom stereocenters. The number of anilines is 2. The van der Waals surface area contributed by atoms with Gasteiger partial charge in [0.25, 0.3) is 0 Å². The minimum atomic E-state index is -0.830. The molecule has 3 N–H and O–H groups in total. The molecule has 3 aliphatic rings. The summed E-state index contributed by atoms with van der Waals surface area (Å²) in [6.45, 7) is 0.331. The second kappa shape index (κ2) is 9.34. The van der Waals surface area contributed by atoms with Crippen molar-refractivity contribution in [3.63, 3.8) is 0 Å². The van der Waals surface area contributed by atoms with E-state index in [1.54, 1.807) is 24.5 Å². The predicted molar refractivity (Wildman–Crippen MR) is 127 cm³/mol. The summed E-state index contributed by atoms with van der Waals surface area (Å²) in [6.07, 6.45) is 3.88. The number of benzene rings is 2. The number of hydrogen-bond acceptors (Lipinski definition) is 6. The molecular formula is C26H21FIN4O4-. The van der Waals surface area contributed by atoms with E-state index in [4.69, 9.17) is 12.5 Å². The number of pyridine rings is 1. The summed E-state index contributed by atoms with van der Waals surface area (Å²) in [5.41, 5.74) is 4.49. The average molecular weight is 599 g/mol. The molecule has 184 valence electrons. The number of amides is 1. The van der Waals surface area contributed by atoms with Gasteiger partial charge in [-0.3, -0.25) is 0 Å². The number of alkyl halides is 1. The molecule has 7 rings (SSSR count). The van der Waals surface area contributed by atoms with Crippen LogP contribution in [0.1, 0.15) is 21.6 Å². The number of aromatic nitrogens is 2. The van der Waals surface area contributed by atoms with Gasteiger partial charge in [-0.2, -0.15) is 0 Å². The van der Waals surface area contributed by atoms with Crippen LogP contribution in [0.5, 0.6) is 17.2 Å². The number of ether oxygens (including phenoxy) is 2. The molecule has 3 aliphatic heterocycles. The third-order valence-corrected chi connectivity index (χ3v) is 8.15. The van der Waals surface area contributed by atoms with Crippen molar-refractivity contribution in [2.75, 3.05) is 12.4 Å². The van der Waals surface area contributed by atoms with Crippen molar-refractivity contribution < 1.29 is 43.3 Å². The summed E-state index contributed by atoms with van der Waals surface area (Å²) in [5, 5.41) is 6.35. The number of hydrogen-bond donors (Lipinski definition) is 3. The SMILES string of the molecule is COc1c(F)cccc1Nc1c2[nH]c3c1C(=O)N[C@@H](C3)[I-]Oc1ccc(cc1)COc1cnccc1-2. The fourth-order valence-corrected chi connectivity index (χ4v) is 6.26. The molecule has 1 amide bonds. The van der Waals surface area contributed by atoms with E-state index in [2.05, 4.69) is 20.6 Å². The van der Waals surface area contributed by atoms with Crippen molar-refractivity contribution in [2.45, 2.75) is 17.1 Å². The van der Waals surface area contributed by atoms with Crippen LogP contribution in [0.4, 0.5) is 15.8 Å². The van der Waals surface area contributed by atoms with Crippen molar-refractivity contribution in [3.8, 4) is 28.5 Å². The normalized spacial score (nSPS) is 16.4. The van der Waals surface area contributed by atoms with Crippen molar-refractivity contribution in [3.05, 3.63) is 83.6 Å². The van der Waals surface area contributed by atoms with Crippen LogP contribution < -0.4 is 44.8 Å². The molecule has 8 nitrogen and oxygen atoms in total. The third kappa shape index (κ3) is 4.11. The first-order chi connectivity index (χ1) is 17.6. The van der Waals surface area contributed by atoms with Gasteiger partial charge < -0.3 is 0 Å². The Morgan fingerprint density at radius 1 is 1.19 bits per heavy atom. The Kier molecular flexibility index (Phi) is 5.88. The van der Waals surface area contributed by atoms with Crippen LogP contribution in [0.15, 0.2) is 60.9 Å². The van der Waals surface area contributed by atoms with Gasteiger partial charge >= 0.3 is 217 Å². The molecule has 0 fully saturated rings. The molecule has 2 aromatic heterocycles. The molecule has 10 heteroatoms. The van der Waals surface area contributed by atoms with Gasteiger partial charge in [0.2, 0.25) is 0 Å². The van der Waals surface area contributed by atoms with Gasteiger partial charge in [0, 0.05) is 0 Å². The molecule has 2 aromatic carbocycles. The monoisotopic (exact) mass is 599 g/mol. The number of nitrogens with zero attached hydrogens (tertiary/aromatic N) is 1. The van der Waals surface area contributed by atoms with Gasteiger partial charge in [0.05, 0.1) is 0 Å². The Bertz CT molecular complexity index is 1460. The fraction of sp³-hybridized carbons (Fsp3) is 0.154. The first kappa shape index (κ1) is 22.7. The Morgan fingerprint density at radius 2 is 2.06 bits per heavy atom. The first-order valence-corrected chi connectivity index (χ1v) is 13.3. The first-order valence-electron chi connectivity index (χ1n) is 11.2. The zero-order valence-electron chi connectivity index (χ0n) is 19.1. The predicted octanol–water partition coefficient (Wildman–Crippen LogP) is 1.56. The van der Waals surface area contributed by atoms with E-state index in [-0.39, 0.29) is 15.7 Å². The maximum atomic E-state index is 14.5. The fourth-order valence-electron chi connectivity index (χ4n) is 4.34. The number of H-pyrrole nitrogens is 1. The van der Waals surface area contributed by atoms with E-state index in [9.17, 15) is 9.18 Å². The van der Waals surface area contributed by atoms with Crippen LogP contribution in [0.2, 0.25) is 0 Å². The van der Waals surface area contributed by atoms with Crippen LogP contribution in [-0.4, -0.2) is 27.0 Å². The second-order valence-electron chi connectivity index (χ2n) is 8.29. The van der Waals surface area contributed by atoms with Crippen LogP contribution in [0, 0.1) is 5.82 Å². The molecule has 0 unspecified atom stereocenters. The van der Waals surface area contributed by atoms with E-state index in [0.29, 0.717) is 41.4 Å². The van der Waals surface area contributed by atoms with E-state index < -0.39 is 27.4 Å². The van der Waals surface area contributed by atoms with E-state index in [1.165, 1.54) is 13.2 Å². The number of rotatable bonds is 3. The van der Waals surface area contributed by atoms with Crippen LogP contribution in [0.25, 0.3) is 11.3 Å². The second-order valence-corrected chi connectivity index (χ2v) is 10.7. The Morgan fingerprint density at radius 3 is 2.89 bits per heavy atom. The summed E-state index contributed by atoms with van der Waals surface area (Å²) in [5.74, 6) is 0.626. The summed E-state index contributed by atoms with van der Waals surface area (Å²) in [6, 6.07) is 14.2. The van der Waals surface area contributed by atoms with Crippen molar-refractivity contribution in [2.24, 2.45) is 0 Å². The number of nitrogens with one attached hydrogen (secondary N) is 3. The topological polar surface area (TPSA) is 97.5 Å². The van der Waals surface area contributed by atoms with Crippen LogP contribution in [0.3, 0.4) is 0 Å². The van der Waals surface area contributed by atoms with Gasteiger partial charge in [-0.25, -0.2) is 0 Å². The quantitative estimate of drug-likeness (QED) is 0.188. The molecule has 4 aromatic rings. The minimum absolute atomic E-state index is 0.0585. The number of aromatic amines is 1. The van der Waals surface area contributed by atoms with Gasteiger partial charge in [-0.1, -0.05) is 0 Å². The number of halogens is 2. The van der Waals surface area contributed by atoms with Crippen LogP contribution >= 0.6 is 0 Å². The molecule has 5 bridgehead atoms. The zero-order chi connectivity index (χ0) is 24.6. The van der Waals surface area contributed by atoms with E-state index in [1.807, 2.05) is 30.3 Å². The van der Waals surface area contributed by atoms with Gasteiger partial charge in [-0.05, 0) is 0 Å². The van der Waals surface area contributed by atoms with Gasteiger partial charge in [0.15, 0.2) is 0 Å². The molecule has 5 heterocycles. The van der Waals surface area contributed by atoms with Crippen molar-refractivity contribution >= 4 is 17.3 Å². The maximum absolute atomic E-state index is 14.5. The molecule has 0 spiro atoms.